The van der Waals surface area contributed by atoms with Gasteiger partial charge >= 0.3 is 6.09 Å². The Morgan fingerprint density at radius 3 is 3.15 bits per heavy atom. The number of aromatic nitrogens is 3. The molecule has 8 heteroatoms. The summed E-state index contributed by atoms with van der Waals surface area (Å²) >= 11 is 3.35. The van der Waals surface area contributed by atoms with E-state index in [1.54, 1.807) is 18.3 Å². The van der Waals surface area contributed by atoms with Crippen molar-refractivity contribution in [3.8, 4) is 11.6 Å². The van der Waals surface area contributed by atoms with Crippen LogP contribution in [0.25, 0.3) is 11.6 Å². The monoisotopic (exact) mass is 338 g/mol. The summed E-state index contributed by atoms with van der Waals surface area (Å²) in [5.41, 5.74) is 0.554. The van der Waals surface area contributed by atoms with Gasteiger partial charge in [0.25, 0.3) is 5.89 Å². The van der Waals surface area contributed by atoms with Gasteiger partial charge in [-0.25, -0.2) is 4.79 Å². The summed E-state index contributed by atoms with van der Waals surface area (Å²) in [4.78, 5) is 20.9. The lowest BCUT2D eigenvalue weighted by Crippen LogP contribution is -2.29. The fourth-order valence-corrected chi connectivity index (χ4v) is 2.60. The van der Waals surface area contributed by atoms with Crippen LogP contribution in [-0.4, -0.2) is 37.8 Å². The molecule has 104 valence electrons. The van der Waals surface area contributed by atoms with Gasteiger partial charge in [0.1, 0.15) is 5.69 Å². The van der Waals surface area contributed by atoms with Crippen LogP contribution in [0.3, 0.4) is 0 Å². The zero-order valence-corrected chi connectivity index (χ0v) is 11.9. The maximum atomic E-state index is 11.1. The number of carboxylic acid groups (broad SMARTS) is 1. The van der Waals surface area contributed by atoms with Crippen LogP contribution >= 0.6 is 15.9 Å². The largest absolute Gasteiger partial charge is 0.465 e. The Morgan fingerprint density at radius 2 is 2.40 bits per heavy atom. The zero-order valence-electron chi connectivity index (χ0n) is 10.4. The van der Waals surface area contributed by atoms with Gasteiger partial charge in [0.05, 0.1) is 6.04 Å². The molecule has 0 unspecified atom stereocenters. The predicted octanol–water partition coefficient (Wildman–Crippen LogP) is 2.71. The summed E-state index contributed by atoms with van der Waals surface area (Å²) in [7, 11) is 0. The van der Waals surface area contributed by atoms with Gasteiger partial charge < -0.3 is 9.63 Å². The van der Waals surface area contributed by atoms with Crippen LogP contribution in [0, 0.1) is 0 Å². The number of rotatable bonds is 2. The van der Waals surface area contributed by atoms with E-state index in [-0.39, 0.29) is 6.04 Å². The molecule has 0 radical (unpaired) electrons. The Bertz CT molecular complexity index is 645. The van der Waals surface area contributed by atoms with Crippen LogP contribution in [0.4, 0.5) is 4.79 Å². The van der Waals surface area contributed by atoms with Gasteiger partial charge in [0.2, 0.25) is 0 Å². The van der Waals surface area contributed by atoms with Crippen molar-refractivity contribution in [3.63, 3.8) is 0 Å². The van der Waals surface area contributed by atoms with Gasteiger partial charge in [0.15, 0.2) is 5.82 Å². The van der Waals surface area contributed by atoms with E-state index in [2.05, 4.69) is 31.1 Å². The SMILES string of the molecule is O=C(O)N1CCC[C@H]1c1noc(-c2cc(Br)ccn2)n1. The number of hydrogen-bond donors (Lipinski definition) is 1. The van der Waals surface area contributed by atoms with Crippen LogP contribution in [0.2, 0.25) is 0 Å². The Labute approximate surface area is 122 Å². The highest BCUT2D eigenvalue weighted by atomic mass is 79.9. The summed E-state index contributed by atoms with van der Waals surface area (Å²) in [6, 6.07) is 3.22. The van der Waals surface area contributed by atoms with E-state index in [0.29, 0.717) is 30.4 Å². The van der Waals surface area contributed by atoms with Gasteiger partial charge in [-0.1, -0.05) is 21.1 Å². The molecule has 3 rings (SSSR count). The fourth-order valence-electron chi connectivity index (χ4n) is 2.26. The highest BCUT2D eigenvalue weighted by Crippen LogP contribution is 2.31. The molecule has 0 aromatic carbocycles. The molecular formula is C12H11BrN4O3. The molecule has 0 bridgehead atoms. The van der Waals surface area contributed by atoms with Crippen molar-refractivity contribution in [2.75, 3.05) is 6.54 Å². The Morgan fingerprint density at radius 1 is 1.55 bits per heavy atom. The van der Waals surface area contributed by atoms with Crippen LogP contribution in [0.5, 0.6) is 0 Å². The molecule has 1 fully saturated rings. The van der Waals surface area contributed by atoms with Gasteiger partial charge in [-0.05, 0) is 25.0 Å². The molecule has 1 amide bonds. The Balaban J connectivity index is 1.89. The minimum absolute atomic E-state index is 0.290. The second-order valence-corrected chi connectivity index (χ2v) is 5.37. The number of likely N-dealkylation sites (tertiary alicyclic amines) is 1. The molecule has 1 saturated heterocycles. The van der Waals surface area contributed by atoms with Gasteiger partial charge in [0, 0.05) is 17.2 Å². The van der Waals surface area contributed by atoms with E-state index < -0.39 is 6.09 Å². The smallest absolute Gasteiger partial charge is 0.407 e. The van der Waals surface area contributed by atoms with Crippen LogP contribution in [0.15, 0.2) is 27.3 Å². The number of hydrogen-bond acceptors (Lipinski definition) is 5. The molecule has 0 spiro atoms. The molecular weight excluding hydrogens is 328 g/mol. The normalized spacial score (nSPS) is 18.4. The van der Waals surface area contributed by atoms with Crippen molar-refractivity contribution >= 4 is 22.0 Å². The average molecular weight is 339 g/mol. The summed E-state index contributed by atoms with van der Waals surface area (Å²) < 4.78 is 6.04. The molecule has 1 atom stereocenters. The molecule has 7 nitrogen and oxygen atoms in total. The lowest BCUT2D eigenvalue weighted by Gasteiger charge is -2.17. The van der Waals surface area contributed by atoms with Crippen LogP contribution in [-0.2, 0) is 0 Å². The van der Waals surface area contributed by atoms with E-state index in [9.17, 15) is 4.79 Å². The minimum atomic E-state index is -0.959. The lowest BCUT2D eigenvalue weighted by atomic mass is 10.2. The van der Waals surface area contributed by atoms with Gasteiger partial charge in [-0.15, -0.1) is 0 Å². The molecule has 1 N–H and O–H groups in total. The van der Waals surface area contributed by atoms with E-state index in [1.807, 2.05) is 0 Å². The fraction of sp³-hybridized carbons (Fsp3) is 0.333. The summed E-state index contributed by atoms with van der Waals surface area (Å²) in [6.45, 7) is 0.499. The quantitative estimate of drug-likeness (QED) is 0.904. The maximum Gasteiger partial charge on any atom is 0.407 e. The first-order chi connectivity index (χ1) is 9.65. The molecule has 1 aliphatic heterocycles. The minimum Gasteiger partial charge on any atom is -0.465 e. The maximum absolute atomic E-state index is 11.1. The zero-order chi connectivity index (χ0) is 14.1. The van der Waals surface area contributed by atoms with Crippen molar-refractivity contribution in [2.45, 2.75) is 18.9 Å². The van der Waals surface area contributed by atoms with Gasteiger partial charge in [-0.2, -0.15) is 4.98 Å². The number of nitrogens with zero attached hydrogens (tertiary/aromatic N) is 4. The van der Waals surface area contributed by atoms with Crippen LogP contribution in [0.1, 0.15) is 24.7 Å². The van der Waals surface area contributed by atoms with Crippen molar-refractivity contribution in [1.82, 2.24) is 20.0 Å². The van der Waals surface area contributed by atoms with Gasteiger partial charge in [-0.3, -0.25) is 9.88 Å². The predicted molar refractivity (Wildman–Crippen MR) is 71.9 cm³/mol. The number of carbonyl (C=O) groups is 1. The Hall–Kier alpha value is -1.96. The first kappa shape index (κ1) is 13.0. The summed E-state index contributed by atoms with van der Waals surface area (Å²) in [5.74, 6) is 0.681. The second-order valence-electron chi connectivity index (χ2n) is 4.45. The van der Waals surface area contributed by atoms with E-state index in [0.717, 1.165) is 10.9 Å². The molecule has 0 saturated carbocycles. The Kier molecular flexibility index (Phi) is 3.39. The van der Waals surface area contributed by atoms with Crippen molar-refractivity contribution in [3.05, 3.63) is 28.6 Å². The first-order valence-corrected chi connectivity index (χ1v) is 6.89. The van der Waals surface area contributed by atoms with Crippen molar-refractivity contribution in [1.29, 1.82) is 0 Å². The molecule has 2 aromatic heterocycles. The summed E-state index contributed by atoms with van der Waals surface area (Å²) in [6.07, 6.45) is 2.18. The lowest BCUT2D eigenvalue weighted by molar-refractivity contribution is 0.138. The highest BCUT2D eigenvalue weighted by molar-refractivity contribution is 9.10. The molecule has 3 heterocycles. The van der Waals surface area contributed by atoms with Crippen LogP contribution < -0.4 is 0 Å². The number of amides is 1. The van der Waals surface area contributed by atoms with Crippen molar-refractivity contribution in [2.24, 2.45) is 0 Å². The molecule has 0 aliphatic carbocycles. The molecule has 20 heavy (non-hydrogen) atoms. The molecule has 1 aliphatic rings. The first-order valence-electron chi connectivity index (χ1n) is 6.10. The third-order valence-corrected chi connectivity index (χ3v) is 3.67. The van der Waals surface area contributed by atoms with E-state index in [1.165, 1.54) is 4.90 Å². The number of halogens is 1. The summed E-state index contributed by atoms with van der Waals surface area (Å²) in [5, 5.41) is 13.0. The number of pyridine rings is 1. The topological polar surface area (TPSA) is 92.3 Å². The second kappa shape index (κ2) is 5.20. The van der Waals surface area contributed by atoms with E-state index >= 15 is 0 Å². The van der Waals surface area contributed by atoms with E-state index in [4.69, 9.17) is 9.63 Å². The highest BCUT2D eigenvalue weighted by Gasteiger charge is 2.33. The van der Waals surface area contributed by atoms with Crippen molar-refractivity contribution < 1.29 is 14.4 Å². The molecule has 2 aromatic rings. The third-order valence-electron chi connectivity index (χ3n) is 3.18. The average Bonchev–Trinajstić information content (AvgIpc) is 3.07. The standard InChI is InChI=1S/C12H11BrN4O3/c13-7-3-4-14-8(6-7)11-15-10(16-20-11)9-2-1-5-17(9)12(18)19/h3-4,6,9H,1-2,5H2,(H,18,19)/t9-/m0/s1. The third kappa shape index (κ3) is 2.38.